The summed E-state index contributed by atoms with van der Waals surface area (Å²) in [4.78, 5) is 0. The Morgan fingerprint density at radius 1 is 1.36 bits per heavy atom. The minimum Gasteiger partial charge on any atom is -0.327 e. The Bertz CT molecular complexity index is 104. The Morgan fingerprint density at radius 2 is 1.91 bits per heavy atom. The van der Waals surface area contributed by atoms with Crippen molar-refractivity contribution in [3.05, 3.63) is 0 Å². The number of halogens is 2. The van der Waals surface area contributed by atoms with Gasteiger partial charge in [0.15, 0.2) is 0 Å². The van der Waals surface area contributed by atoms with Gasteiger partial charge in [0.2, 0.25) is 5.92 Å². The zero-order chi connectivity index (χ0) is 8.91. The predicted molar refractivity (Wildman–Crippen MR) is 42.7 cm³/mol. The standard InChI is InChI=1S/C6H11F2N.C2H6/c7-6(8)3-1-2-5(9)4-6;1-2/h5H,1-4,9H2;1-2H3. The van der Waals surface area contributed by atoms with Crippen molar-refractivity contribution in [3.63, 3.8) is 0 Å². The van der Waals surface area contributed by atoms with Crippen LogP contribution in [0.5, 0.6) is 0 Å². The van der Waals surface area contributed by atoms with Gasteiger partial charge >= 0.3 is 0 Å². The van der Waals surface area contributed by atoms with Gasteiger partial charge in [-0.2, -0.15) is 0 Å². The van der Waals surface area contributed by atoms with Gasteiger partial charge in [0.25, 0.3) is 0 Å². The van der Waals surface area contributed by atoms with Crippen LogP contribution in [0.3, 0.4) is 0 Å². The minimum absolute atomic E-state index is 0.0285. The number of rotatable bonds is 0. The van der Waals surface area contributed by atoms with E-state index in [1.165, 1.54) is 0 Å². The van der Waals surface area contributed by atoms with Crippen LogP contribution in [0.2, 0.25) is 0 Å². The lowest BCUT2D eigenvalue weighted by atomic mass is 9.93. The van der Waals surface area contributed by atoms with Crippen LogP contribution in [0.4, 0.5) is 8.78 Å². The molecule has 1 aliphatic rings. The third kappa shape index (κ3) is 4.30. The molecule has 3 heteroatoms. The minimum atomic E-state index is -2.47. The zero-order valence-electron chi connectivity index (χ0n) is 7.24. The highest BCUT2D eigenvalue weighted by Gasteiger charge is 2.34. The molecular weight excluding hydrogens is 148 g/mol. The van der Waals surface area contributed by atoms with Crippen molar-refractivity contribution in [2.24, 2.45) is 5.73 Å². The number of hydrogen-bond acceptors (Lipinski definition) is 1. The summed E-state index contributed by atoms with van der Waals surface area (Å²) < 4.78 is 24.7. The molecule has 1 atom stereocenters. The summed E-state index contributed by atoms with van der Waals surface area (Å²) >= 11 is 0. The van der Waals surface area contributed by atoms with Crippen LogP contribution in [0.25, 0.3) is 0 Å². The summed E-state index contributed by atoms with van der Waals surface area (Å²) in [7, 11) is 0. The monoisotopic (exact) mass is 165 g/mol. The maximum atomic E-state index is 12.4. The predicted octanol–water partition coefficient (Wildman–Crippen LogP) is 2.55. The molecule has 0 bridgehead atoms. The lowest BCUT2D eigenvalue weighted by Gasteiger charge is -2.25. The first kappa shape index (κ1) is 10.8. The highest BCUT2D eigenvalue weighted by molar-refractivity contribution is 4.79. The average molecular weight is 165 g/mol. The molecule has 1 rings (SSSR count). The van der Waals surface area contributed by atoms with Gasteiger partial charge in [-0.3, -0.25) is 0 Å². The fourth-order valence-electron chi connectivity index (χ4n) is 1.21. The van der Waals surface area contributed by atoms with Gasteiger partial charge in [0.05, 0.1) is 0 Å². The molecule has 1 nitrogen and oxygen atoms in total. The van der Waals surface area contributed by atoms with Gasteiger partial charge in [-0.25, -0.2) is 8.78 Å². The quantitative estimate of drug-likeness (QED) is 0.586. The molecule has 0 radical (unpaired) electrons. The fourth-order valence-corrected chi connectivity index (χ4v) is 1.21. The maximum absolute atomic E-state index is 12.4. The molecular formula is C8H17F2N. The van der Waals surface area contributed by atoms with E-state index in [0.717, 1.165) is 6.42 Å². The second kappa shape index (κ2) is 4.65. The van der Waals surface area contributed by atoms with Gasteiger partial charge < -0.3 is 5.73 Å². The summed E-state index contributed by atoms with van der Waals surface area (Å²) in [5.41, 5.74) is 5.33. The molecule has 2 N–H and O–H groups in total. The van der Waals surface area contributed by atoms with Gasteiger partial charge in [-0.1, -0.05) is 13.8 Å². The lowest BCUT2D eigenvalue weighted by Crippen LogP contribution is -2.34. The van der Waals surface area contributed by atoms with Crippen molar-refractivity contribution >= 4 is 0 Å². The van der Waals surface area contributed by atoms with Crippen LogP contribution in [-0.4, -0.2) is 12.0 Å². The highest BCUT2D eigenvalue weighted by Crippen LogP contribution is 2.31. The van der Waals surface area contributed by atoms with Crippen molar-refractivity contribution in [3.8, 4) is 0 Å². The van der Waals surface area contributed by atoms with E-state index in [9.17, 15) is 8.78 Å². The smallest absolute Gasteiger partial charge is 0.249 e. The Morgan fingerprint density at radius 3 is 2.18 bits per heavy atom. The van der Waals surface area contributed by atoms with Gasteiger partial charge in [-0.15, -0.1) is 0 Å². The average Bonchev–Trinajstić information content (AvgIpc) is 1.89. The molecule has 0 amide bonds. The molecule has 0 aliphatic heterocycles. The second-order valence-electron chi connectivity index (χ2n) is 2.71. The SMILES string of the molecule is CC.NC1CCCC(F)(F)C1. The van der Waals surface area contributed by atoms with E-state index in [-0.39, 0.29) is 18.9 Å². The van der Waals surface area contributed by atoms with Crippen LogP contribution in [0.15, 0.2) is 0 Å². The van der Waals surface area contributed by atoms with Gasteiger partial charge in [0.1, 0.15) is 0 Å². The summed E-state index contributed by atoms with van der Waals surface area (Å²) in [5, 5.41) is 0. The zero-order valence-corrected chi connectivity index (χ0v) is 7.24. The molecule has 0 aromatic rings. The number of hydrogen-bond donors (Lipinski definition) is 1. The van der Waals surface area contributed by atoms with Crippen LogP contribution in [0.1, 0.15) is 39.5 Å². The molecule has 0 spiro atoms. The number of alkyl halides is 2. The molecule has 1 aliphatic carbocycles. The first-order chi connectivity index (χ1) is 5.10. The largest absolute Gasteiger partial charge is 0.327 e. The van der Waals surface area contributed by atoms with E-state index in [2.05, 4.69) is 0 Å². The molecule has 0 aromatic heterocycles. The first-order valence-electron chi connectivity index (χ1n) is 4.23. The second-order valence-corrected chi connectivity index (χ2v) is 2.71. The van der Waals surface area contributed by atoms with E-state index in [4.69, 9.17) is 5.73 Å². The van der Waals surface area contributed by atoms with Gasteiger partial charge in [0, 0.05) is 18.9 Å². The molecule has 1 unspecified atom stereocenters. The van der Waals surface area contributed by atoms with E-state index in [1.54, 1.807) is 0 Å². The van der Waals surface area contributed by atoms with Crippen LogP contribution in [-0.2, 0) is 0 Å². The maximum Gasteiger partial charge on any atom is 0.249 e. The van der Waals surface area contributed by atoms with Crippen molar-refractivity contribution in [2.75, 3.05) is 0 Å². The van der Waals surface area contributed by atoms with E-state index >= 15 is 0 Å². The van der Waals surface area contributed by atoms with Crippen molar-refractivity contribution in [2.45, 2.75) is 51.5 Å². The third-order valence-corrected chi connectivity index (χ3v) is 1.68. The number of nitrogens with two attached hydrogens (primary N) is 1. The van der Waals surface area contributed by atoms with Crippen molar-refractivity contribution in [1.82, 2.24) is 0 Å². The Labute approximate surface area is 67.0 Å². The third-order valence-electron chi connectivity index (χ3n) is 1.68. The van der Waals surface area contributed by atoms with Crippen molar-refractivity contribution in [1.29, 1.82) is 0 Å². The topological polar surface area (TPSA) is 26.0 Å². The van der Waals surface area contributed by atoms with Crippen LogP contribution < -0.4 is 5.73 Å². The summed E-state index contributed by atoms with van der Waals surface area (Å²) in [6.45, 7) is 4.00. The summed E-state index contributed by atoms with van der Waals surface area (Å²) in [6.07, 6.45) is 1.25. The highest BCUT2D eigenvalue weighted by atomic mass is 19.3. The molecule has 1 fully saturated rings. The molecule has 1 saturated carbocycles. The summed E-state index contributed by atoms with van der Waals surface area (Å²) in [6, 6.07) is -0.270. The molecule has 0 heterocycles. The molecule has 0 saturated heterocycles. The van der Waals surface area contributed by atoms with Crippen LogP contribution >= 0.6 is 0 Å². The Kier molecular flexibility index (Phi) is 4.57. The van der Waals surface area contributed by atoms with E-state index in [0.29, 0.717) is 6.42 Å². The molecule has 11 heavy (non-hydrogen) atoms. The lowest BCUT2D eigenvalue weighted by molar-refractivity contribution is -0.0395. The molecule has 0 aromatic carbocycles. The Balaban J connectivity index is 0.000000461. The van der Waals surface area contributed by atoms with Crippen molar-refractivity contribution < 1.29 is 8.78 Å². The van der Waals surface area contributed by atoms with Gasteiger partial charge in [-0.05, 0) is 12.8 Å². The van der Waals surface area contributed by atoms with Crippen LogP contribution in [0, 0.1) is 0 Å². The summed E-state index contributed by atoms with van der Waals surface area (Å²) in [5.74, 6) is -2.47. The van der Waals surface area contributed by atoms with E-state index in [1.807, 2.05) is 13.8 Å². The van der Waals surface area contributed by atoms with E-state index < -0.39 is 5.92 Å². The molecule has 68 valence electrons. The Hall–Kier alpha value is -0.180. The fraction of sp³-hybridized carbons (Fsp3) is 1.00. The normalized spacial score (nSPS) is 28.6. The first-order valence-corrected chi connectivity index (χ1v) is 4.23.